The van der Waals surface area contributed by atoms with Gasteiger partial charge in [-0.15, -0.1) is 11.8 Å². The Labute approximate surface area is 142 Å². The fraction of sp³-hybridized carbons (Fsp3) is 0.125. The number of nitrogens with one attached hydrogen (secondary N) is 1. The molecule has 0 saturated carbocycles. The van der Waals surface area contributed by atoms with Gasteiger partial charge in [-0.2, -0.15) is 0 Å². The smallest absolute Gasteiger partial charge is 0.269 e. The zero-order valence-electron chi connectivity index (χ0n) is 12.8. The molecule has 0 aliphatic carbocycles. The Balaban J connectivity index is 2.00. The number of nitrogens with two attached hydrogens (primary N) is 1. The van der Waals surface area contributed by atoms with Crippen LogP contribution in [0.5, 0.6) is 0 Å². The van der Waals surface area contributed by atoms with E-state index >= 15 is 0 Å². The van der Waals surface area contributed by atoms with E-state index in [1.54, 1.807) is 37.3 Å². The molecule has 1 unspecified atom stereocenters. The number of nitro benzene ring substituents is 1. The Hall–Kier alpha value is -2.87. The molecule has 0 fully saturated rings. The van der Waals surface area contributed by atoms with Crippen molar-refractivity contribution in [1.82, 2.24) is 0 Å². The van der Waals surface area contributed by atoms with Crippen molar-refractivity contribution in [2.75, 3.05) is 5.32 Å². The summed E-state index contributed by atoms with van der Waals surface area (Å²) in [5, 5.41) is 12.9. The van der Waals surface area contributed by atoms with Gasteiger partial charge < -0.3 is 11.1 Å². The summed E-state index contributed by atoms with van der Waals surface area (Å²) >= 11 is 1.28. The summed E-state index contributed by atoms with van der Waals surface area (Å²) in [5.74, 6) is -0.820. The first kappa shape index (κ1) is 17.5. The molecule has 124 valence electrons. The van der Waals surface area contributed by atoms with Crippen molar-refractivity contribution in [3.05, 3.63) is 64.2 Å². The van der Waals surface area contributed by atoms with E-state index in [1.165, 1.54) is 30.0 Å². The molecule has 2 aromatic carbocycles. The Bertz CT molecular complexity index is 777. The number of amides is 2. The van der Waals surface area contributed by atoms with Crippen LogP contribution in [0.15, 0.2) is 53.4 Å². The lowest BCUT2D eigenvalue weighted by atomic mass is 10.2. The number of primary amides is 1. The van der Waals surface area contributed by atoms with Crippen molar-refractivity contribution in [2.45, 2.75) is 17.1 Å². The highest BCUT2D eigenvalue weighted by molar-refractivity contribution is 8.00. The monoisotopic (exact) mass is 345 g/mol. The fourth-order valence-electron chi connectivity index (χ4n) is 1.90. The van der Waals surface area contributed by atoms with Crippen LogP contribution in [-0.2, 0) is 4.79 Å². The van der Waals surface area contributed by atoms with Gasteiger partial charge in [0.2, 0.25) is 11.8 Å². The third-order valence-electron chi connectivity index (χ3n) is 3.14. The van der Waals surface area contributed by atoms with Gasteiger partial charge in [-0.3, -0.25) is 19.7 Å². The molecular formula is C16H15N3O4S. The molecule has 24 heavy (non-hydrogen) atoms. The van der Waals surface area contributed by atoms with Gasteiger partial charge in [0.15, 0.2) is 0 Å². The van der Waals surface area contributed by atoms with Crippen LogP contribution < -0.4 is 11.1 Å². The fourth-order valence-corrected chi connectivity index (χ4v) is 2.77. The molecular weight excluding hydrogens is 330 g/mol. The molecule has 1 atom stereocenters. The minimum atomic E-state index is -0.570. The van der Waals surface area contributed by atoms with Crippen molar-refractivity contribution in [3.63, 3.8) is 0 Å². The van der Waals surface area contributed by atoms with Crippen LogP contribution in [0, 0.1) is 10.1 Å². The number of carbonyl (C=O) groups is 2. The number of benzene rings is 2. The predicted molar refractivity (Wildman–Crippen MR) is 92.0 cm³/mol. The quantitative estimate of drug-likeness (QED) is 0.474. The van der Waals surface area contributed by atoms with Crippen molar-refractivity contribution in [3.8, 4) is 0 Å². The number of hydrogen-bond donors (Lipinski definition) is 2. The Morgan fingerprint density at radius 1 is 1.21 bits per heavy atom. The number of anilines is 1. The molecule has 0 aromatic heterocycles. The zero-order chi connectivity index (χ0) is 17.7. The number of rotatable bonds is 6. The van der Waals surface area contributed by atoms with Crippen molar-refractivity contribution < 1.29 is 14.5 Å². The van der Waals surface area contributed by atoms with E-state index in [-0.39, 0.29) is 11.6 Å². The predicted octanol–water partition coefficient (Wildman–Crippen LogP) is 2.81. The summed E-state index contributed by atoms with van der Waals surface area (Å²) < 4.78 is 0. The van der Waals surface area contributed by atoms with E-state index in [4.69, 9.17) is 5.73 Å². The Kier molecular flexibility index (Phi) is 5.54. The summed E-state index contributed by atoms with van der Waals surface area (Å²) in [7, 11) is 0. The largest absolute Gasteiger partial charge is 0.366 e. The summed E-state index contributed by atoms with van der Waals surface area (Å²) in [6, 6.07) is 12.3. The molecule has 0 saturated heterocycles. The highest BCUT2D eigenvalue weighted by atomic mass is 32.2. The number of carbonyl (C=O) groups excluding carboxylic acids is 2. The molecule has 0 bridgehead atoms. The van der Waals surface area contributed by atoms with Gasteiger partial charge in [-0.05, 0) is 37.3 Å². The molecule has 0 heterocycles. The van der Waals surface area contributed by atoms with Gasteiger partial charge in [0, 0.05) is 28.3 Å². The number of thioether (sulfide) groups is 1. The molecule has 2 amide bonds. The lowest BCUT2D eigenvalue weighted by Gasteiger charge is -2.12. The normalized spacial score (nSPS) is 11.5. The van der Waals surface area contributed by atoms with Crippen LogP contribution in [0.3, 0.4) is 0 Å². The van der Waals surface area contributed by atoms with Crippen LogP contribution in [0.2, 0.25) is 0 Å². The van der Waals surface area contributed by atoms with Crippen LogP contribution in [-0.4, -0.2) is 22.0 Å². The minimum Gasteiger partial charge on any atom is -0.366 e. The van der Waals surface area contributed by atoms with E-state index in [0.717, 1.165) is 4.90 Å². The van der Waals surface area contributed by atoms with Gasteiger partial charge in [0.1, 0.15) is 0 Å². The van der Waals surface area contributed by atoms with Crippen LogP contribution in [0.4, 0.5) is 11.4 Å². The second-order valence-corrected chi connectivity index (χ2v) is 6.36. The average molecular weight is 345 g/mol. The van der Waals surface area contributed by atoms with Crippen molar-refractivity contribution in [1.29, 1.82) is 0 Å². The molecule has 3 N–H and O–H groups in total. The number of nitrogens with zero attached hydrogens (tertiary/aromatic N) is 1. The van der Waals surface area contributed by atoms with E-state index < -0.39 is 16.1 Å². The summed E-state index contributed by atoms with van der Waals surface area (Å²) in [6.07, 6.45) is 0. The molecule has 0 radical (unpaired) electrons. The number of nitro groups is 1. The molecule has 7 nitrogen and oxygen atoms in total. The number of non-ortho nitro benzene ring substituents is 1. The van der Waals surface area contributed by atoms with Crippen LogP contribution in [0.25, 0.3) is 0 Å². The van der Waals surface area contributed by atoms with Gasteiger partial charge >= 0.3 is 0 Å². The summed E-state index contributed by atoms with van der Waals surface area (Å²) in [6.45, 7) is 1.72. The first-order valence-corrected chi connectivity index (χ1v) is 7.86. The van der Waals surface area contributed by atoms with Gasteiger partial charge in [-0.25, -0.2) is 0 Å². The van der Waals surface area contributed by atoms with Gasteiger partial charge in [0.25, 0.3) is 5.69 Å². The highest BCUT2D eigenvalue weighted by Crippen LogP contribution is 2.26. The average Bonchev–Trinajstić information content (AvgIpc) is 2.55. The van der Waals surface area contributed by atoms with Crippen molar-refractivity contribution >= 4 is 35.0 Å². The van der Waals surface area contributed by atoms with Crippen LogP contribution >= 0.6 is 11.8 Å². The Morgan fingerprint density at radius 2 is 1.88 bits per heavy atom. The van der Waals surface area contributed by atoms with Gasteiger partial charge in [-0.1, -0.05) is 6.07 Å². The third kappa shape index (κ3) is 4.56. The third-order valence-corrected chi connectivity index (χ3v) is 4.26. The zero-order valence-corrected chi connectivity index (χ0v) is 13.6. The molecule has 0 spiro atoms. The van der Waals surface area contributed by atoms with E-state index in [9.17, 15) is 19.7 Å². The maximum absolute atomic E-state index is 12.2. The number of hydrogen-bond acceptors (Lipinski definition) is 5. The highest BCUT2D eigenvalue weighted by Gasteiger charge is 2.16. The molecule has 2 aromatic rings. The standard InChI is InChI=1S/C16H15N3O4S/c1-10(24-14-7-5-13(6-8-14)19(22)23)16(21)18-12-4-2-3-11(9-12)15(17)20/h2-10H,1H3,(H2,17,20)(H,18,21). The van der Waals surface area contributed by atoms with E-state index in [1.807, 2.05) is 0 Å². The van der Waals surface area contributed by atoms with E-state index in [2.05, 4.69) is 5.32 Å². The minimum absolute atomic E-state index is 0.000258. The Morgan fingerprint density at radius 3 is 2.46 bits per heavy atom. The molecule has 0 aliphatic heterocycles. The maximum atomic E-state index is 12.2. The molecule has 2 rings (SSSR count). The van der Waals surface area contributed by atoms with E-state index in [0.29, 0.717) is 11.3 Å². The lowest BCUT2D eigenvalue weighted by Crippen LogP contribution is -2.22. The first-order chi connectivity index (χ1) is 11.4. The summed E-state index contributed by atoms with van der Waals surface area (Å²) in [5.41, 5.74) is 5.99. The second-order valence-electron chi connectivity index (χ2n) is 4.95. The topological polar surface area (TPSA) is 115 Å². The summed E-state index contributed by atoms with van der Waals surface area (Å²) in [4.78, 5) is 34.3. The second kappa shape index (κ2) is 7.60. The maximum Gasteiger partial charge on any atom is 0.269 e. The molecule has 8 heteroatoms. The van der Waals surface area contributed by atoms with Gasteiger partial charge in [0.05, 0.1) is 10.2 Å². The SMILES string of the molecule is CC(Sc1ccc([N+](=O)[O-])cc1)C(=O)Nc1cccc(C(N)=O)c1. The lowest BCUT2D eigenvalue weighted by molar-refractivity contribution is -0.384. The first-order valence-electron chi connectivity index (χ1n) is 6.98. The van der Waals surface area contributed by atoms with Crippen molar-refractivity contribution in [2.24, 2.45) is 5.73 Å². The molecule has 0 aliphatic rings. The van der Waals surface area contributed by atoms with Crippen LogP contribution in [0.1, 0.15) is 17.3 Å².